The molecule has 0 fully saturated rings. The summed E-state index contributed by atoms with van der Waals surface area (Å²) in [4.78, 5) is 8.02. The molecule has 0 saturated carbocycles. The lowest BCUT2D eigenvalue weighted by molar-refractivity contribution is 0.276. The molecular formula is C14H23N3OS. The molecule has 4 nitrogen and oxygen atoms in total. The van der Waals surface area contributed by atoms with Crippen molar-refractivity contribution in [3.63, 3.8) is 0 Å². The molecule has 0 bridgehead atoms. The van der Waals surface area contributed by atoms with E-state index in [2.05, 4.69) is 25.7 Å². The number of aliphatic hydroxyl groups excluding tert-OH is 1. The monoisotopic (exact) mass is 281 g/mol. The predicted molar refractivity (Wildman–Crippen MR) is 81.0 cm³/mol. The van der Waals surface area contributed by atoms with Crippen LogP contribution in [0.15, 0.2) is 11.6 Å². The van der Waals surface area contributed by atoms with Crippen molar-refractivity contribution in [1.82, 2.24) is 9.38 Å². The summed E-state index contributed by atoms with van der Waals surface area (Å²) in [5.74, 6) is 0.956. The number of aromatic nitrogens is 2. The van der Waals surface area contributed by atoms with Crippen LogP contribution in [-0.2, 0) is 6.61 Å². The Balaban J connectivity index is 2.39. The summed E-state index contributed by atoms with van der Waals surface area (Å²) in [6.07, 6.45) is 5.39. The van der Waals surface area contributed by atoms with Gasteiger partial charge in [-0.15, -0.1) is 11.3 Å². The third-order valence-electron chi connectivity index (χ3n) is 3.64. The number of rotatable bonds is 7. The third kappa shape index (κ3) is 2.77. The first-order valence-corrected chi connectivity index (χ1v) is 7.92. The first-order valence-electron chi connectivity index (χ1n) is 7.04. The van der Waals surface area contributed by atoms with Gasteiger partial charge in [-0.25, -0.2) is 4.98 Å². The Morgan fingerprint density at radius 2 is 2.26 bits per heavy atom. The summed E-state index contributed by atoms with van der Waals surface area (Å²) < 4.78 is 2.00. The lowest BCUT2D eigenvalue weighted by atomic mass is 10.2. The molecule has 1 N–H and O–H groups in total. The van der Waals surface area contributed by atoms with E-state index in [-0.39, 0.29) is 6.61 Å². The Morgan fingerprint density at radius 3 is 2.89 bits per heavy atom. The van der Waals surface area contributed by atoms with E-state index in [4.69, 9.17) is 4.98 Å². The smallest absolute Gasteiger partial charge is 0.195 e. The van der Waals surface area contributed by atoms with Crippen LogP contribution in [0, 0.1) is 0 Å². The van der Waals surface area contributed by atoms with E-state index in [0.29, 0.717) is 6.04 Å². The van der Waals surface area contributed by atoms with E-state index in [9.17, 15) is 5.11 Å². The van der Waals surface area contributed by atoms with Crippen LogP contribution in [0.4, 0.5) is 5.82 Å². The normalized spacial score (nSPS) is 13.1. The van der Waals surface area contributed by atoms with Gasteiger partial charge < -0.3 is 10.0 Å². The Hall–Kier alpha value is -1.07. The number of thiazole rings is 1. The highest BCUT2D eigenvalue weighted by molar-refractivity contribution is 7.15. The molecule has 5 heteroatoms. The van der Waals surface area contributed by atoms with Crippen molar-refractivity contribution in [1.29, 1.82) is 0 Å². The second-order valence-electron chi connectivity index (χ2n) is 4.90. The van der Waals surface area contributed by atoms with Crippen molar-refractivity contribution in [3.05, 3.63) is 17.3 Å². The molecule has 0 aliphatic heterocycles. The lowest BCUT2D eigenvalue weighted by Gasteiger charge is -2.29. The largest absolute Gasteiger partial charge is 0.390 e. The van der Waals surface area contributed by atoms with Gasteiger partial charge in [-0.1, -0.05) is 20.3 Å². The quantitative estimate of drug-likeness (QED) is 0.846. The van der Waals surface area contributed by atoms with Gasteiger partial charge in [-0.3, -0.25) is 4.40 Å². The molecule has 0 spiro atoms. The number of imidazole rings is 1. The standard InChI is InChI=1S/C14H23N3OS/c1-4-6-7-16(11(3)5-2)13-12(10-18)17-8-9-19-14(17)15-13/h8-9,11,18H,4-7,10H2,1-3H3. The second kappa shape index (κ2) is 6.39. The molecule has 0 radical (unpaired) electrons. The van der Waals surface area contributed by atoms with Crippen molar-refractivity contribution < 1.29 is 5.11 Å². The van der Waals surface area contributed by atoms with Crippen LogP contribution in [0.3, 0.4) is 0 Å². The molecule has 19 heavy (non-hydrogen) atoms. The minimum absolute atomic E-state index is 0.0340. The Labute approximate surface area is 118 Å². The molecule has 0 amide bonds. The highest BCUT2D eigenvalue weighted by Gasteiger charge is 2.21. The van der Waals surface area contributed by atoms with Crippen LogP contribution in [-0.4, -0.2) is 27.1 Å². The number of aliphatic hydroxyl groups is 1. The van der Waals surface area contributed by atoms with Crippen LogP contribution in [0.25, 0.3) is 4.96 Å². The summed E-state index contributed by atoms with van der Waals surface area (Å²) in [5.41, 5.74) is 0.910. The molecule has 106 valence electrons. The van der Waals surface area contributed by atoms with E-state index in [0.717, 1.165) is 35.9 Å². The van der Waals surface area contributed by atoms with E-state index in [1.165, 1.54) is 6.42 Å². The number of anilines is 1. The molecule has 2 aromatic rings. The van der Waals surface area contributed by atoms with Gasteiger partial charge in [-0.05, 0) is 19.8 Å². The number of fused-ring (bicyclic) bond motifs is 1. The van der Waals surface area contributed by atoms with Crippen LogP contribution in [0.1, 0.15) is 45.7 Å². The molecule has 0 aliphatic rings. The van der Waals surface area contributed by atoms with Crippen LogP contribution in [0.5, 0.6) is 0 Å². The first kappa shape index (κ1) is 14.3. The van der Waals surface area contributed by atoms with Crippen molar-refractivity contribution in [2.45, 2.75) is 52.7 Å². The maximum Gasteiger partial charge on any atom is 0.195 e. The van der Waals surface area contributed by atoms with Crippen LogP contribution < -0.4 is 4.90 Å². The van der Waals surface area contributed by atoms with E-state index < -0.39 is 0 Å². The number of nitrogens with zero attached hydrogens (tertiary/aromatic N) is 3. The molecule has 1 atom stereocenters. The summed E-state index contributed by atoms with van der Waals surface area (Å²) >= 11 is 1.61. The van der Waals surface area contributed by atoms with E-state index >= 15 is 0 Å². The Kier molecular flexibility index (Phi) is 4.82. The summed E-state index contributed by atoms with van der Waals surface area (Å²) in [5, 5.41) is 11.7. The summed E-state index contributed by atoms with van der Waals surface area (Å²) in [7, 11) is 0. The molecule has 2 heterocycles. The van der Waals surface area contributed by atoms with Crippen molar-refractivity contribution >= 4 is 22.1 Å². The fraction of sp³-hybridized carbons (Fsp3) is 0.643. The molecule has 2 rings (SSSR count). The van der Waals surface area contributed by atoms with Crippen molar-refractivity contribution in [2.24, 2.45) is 0 Å². The minimum Gasteiger partial charge on any atom is -0.390 e. The highest BCUT2D eigenvalue weighted by Crippen LogP contribution is 2.27. The minimum atomic E-state index is 0.0340. The highest BCUT2D eigenvalue weighted by atomic mass is 32.1. The van der Waals surface area contributed by atoms with Gasteiger partial charge in [0.05, 0.1) is 12.3 Å². The van der Waals surface area contributed by atoms with Gasteiger partial charge >= 0.3 is 0 Å². The van der Waals surface area contributed by atoms with Crippen LogP contribution in [0.2, 0.25) is 0 Å². The zero-order valence-corrected chi connectivity index (χ0v) is 12.8. The van der Waals surface area contributed by atoms with Gasteiger partial charge in [0.2, 0.25) is 0 Å². The maximum absolute atomic E-state index is 9.67. The Morgan fingerprint density at radius 1 is 1.47 bits per heavy atom. The van der Waals surface area contributed by atoms with Gasteiger partial charge in [0.1, 0.15) is 0 Å². The molecule has 1 unspecified atom stereocenters. The fourth-order valence-electron chi connectivity index (χ4n) is 2.28. The first-order chi connectivity index (χ1) is 9.22. The van der Waals surface area contributed by atoms with Gasteiger partial charge in [0.25, 0.3) is 0 Å². The fourth-order valence-corrected chi connectivity index (χ4v) is 3.01. The zero-order chi connectivity index (χ0) is 13.8. The van der Waals surface area contributed by atoms with Crippen molar-refractivity contribution in [3.8, 4) is 0 Å². The van der Waals surface area contributed by atoms with Gasteiger partial charge in [-0.2, -0.15) is 0 Å². The average molecular weight is 281 g/mol. The molecule has 2 aromatic heterocycles. The van der Waals surface area contributed by atoms with Crippen LogP contribution >= 0.6 is 11.3 Å². The molecular weight excluding hydrogens is 258 g/mol. The number of hydrogen-bond acceptors (Lipinski definition) is 4. The van der Waals surface area contributed by atoms with E-state index in [1.54, 1.807) is 11.3 Å². The number of hydrogen-bond donors (Lipinski definition) is 1. The SMILES string of the molecule is CCCCN(c1nc2sccn2c1CO)C(C)CC. The van der Waals surface area contributed by atoms with E-state index in [1.807, 2.05) is 16.0 Å². The molecule has 0 saturated heterocycles. The third-order valence-corrected chi connectivity index (χ3v) is 4.39. The number of unbranched alkanes of at least 4 members (excludes halogenated alkanes) is 1. The lowest BCUT2D eigenvalue weighted by Crippen LogP contribution is -2.34. The second-order valence-corrected chi connectivity index (χ2v) is 5.77. The molecule has 0 aromatic carbocycles. The average Bonchev–Trinajstić information content (AvgIpc) is 2.99. The summed E-state index contributed by atoms with van der Waals surface area (Å²) in [6, 6.07) is 0.446. The maximum atomic E-state index is 9.67. The topological polar surface area (TPSA) is 40.8 Å². The summed E-state index contributed by atoms with van der Waals surface area (Å²) in [6.45, 7) is 7.66. The predicted octanol–water partition coefficient (Wildman–Crippen LogP) is 3.29. The molecule has 0 aliphatic carbocycles. The van der Waals surface area contributed by atoms with Gasteiger partial charge in [0, 0.05) is 24.2 Å². The zero-order valence-electron chi connectivity index (χ0n) is 12.0. The Bertz CT molecular complexity index is 520. The van der Waals surface area contributed by atoms with Crippen molar-refractivity contribution in [2.75, 3.05) is 11.4 Å². The van der Waals surface area contributed by atoms with Gasteiger partial charge in [0.15, 0.2) is 10.8 Å².